The van der Waals surface area contributed by atoms with Gasteiger partial charge in [-0.25, -0.2) is 4.39 Å². The summed E-state index contributed by atoms with van der Waals surface area (Å²) in [4.78, 5) is 11.5. The van der Waals surface area contributed by atoms with Crippen LogP contribution in [-0.2, 0) is 6.54 Å². The standard InChI is InChI=1S/C17H19FN2O/c1-2-20-11-13(7-8-17(20)21)19-14-9-12(10-14)15-5-3-4-6-16(15)18/h3-8,11-12,14,19H,2,9-10H2,1H3. The Kier molecular flexibility index (Phi) is 3.78. The average molecular weight is 286 g/mol. The summed E-state index contributed by atoms with van der Waals surface area (Å²) in [7, 11) is 0. The lowest BCUT2D eigenvalue weighted by molar-refractivity contribution is 0.363. The number of halogens is 1. The molecule has 1 aromatic carbocycles. The van der Waals surface area contributed by atoms with Gasteiger partial charge in [0.2, 0.25) is 0 Å². The van der Waals surface area contributed by atoms with Gasteiger partial charge in [0.15, 0.2) is 0 Å². The van der Waals surface area contributed by atoms with Crippen LogP contribution in [-0.4, -0.2) is 10.6 Å². The predicted molar refractivity (Wildman–Crippen MR) is 82.2 cm³/mol. The minimum Gasteiger partial charge on any atom is -0.381 e. The van der Waals surface area contributed by atoms with Crippen molar-refractivity contribution >= 4 is 5.69 Å². The fourth-order valence-electron chi connectivity index (χ4n) is 2.90. The zero-order valence-corrected chi connectivity index (χ0v) is 12.1. The Morgan fingerprint density at radius 2 is 2.00 bits per heavy atom. The number of benzene rings is 1. The van der Waals surface area contributed by atoms with E-state index in [0.29, 0.717) is 18.5 Å². The third-order valence-corrected chi connectivity index (χ3v) is 4.18. The van der Waals surface area contributed by atoms with E-state index in [1.807, 2.05) is 31.3 Å². The zero-order chi connectivity index (χ0) is 14.8. The molecular weight excluding hydrogens is 267 g/mol. The highest BCUT2D eigenvalue weighted by Crippen LogP contribution is 2.39. The van der Waals surface area contributed by atoms with Gasteiger partial charge in [-0.1, -0.05) is 18.2 Å². The minimum absolute atomic E-state index is 0.0147. The van der Waals surface area contributed by atoms with Crippen LogP contribution in [0.2, 0.25) is 0 Å². The third kappa shape index (κ3) is 2.84. The Bertz CT molecular complexity index is 689. The van der Waals surface area contributed by atoms with E-state index in [2.05, 4.69) is 5.32 Å². The number of anilines is 1. The number of hydrogen-bond donors (Lipinski definition) is 1. The van der Waals surface area contributed by atoms with E-state index in [1.54, 1.807) is 16.7 Å². The van der Waals surface area contributed by atoms with Crippen LogP contribution >= 0.6 is 0 Å². The Labute approximate surface area is 123 Å². The number of pyridine rings is 1. The first-order valence-corrected chi connectivity index (χ1v) is 7.39. The van der Waals surface area contributed by atoms with E-state index in [1.165, 1.54) is 6.07 Å². The summed E-state index contributed by atoms with van der Waals surface area (Å²) in [5.74, 6) is 0.182. The minimum atomic E-state index is -0.111. The highest BCUT2D eigenvalue weighted by Gasteiger charge is 2.31. The monoisotopic (exact) mass is 286 g/mol. The molecule has 2 aromatic rings. The fourth-order valence-corrected chi connectivity index (χ4v) is 2.90. The summed E-state index contributed by atoms with van der Waals surface area (Å²) < 4.78 is 15.4. The van der Waals surface area contributed by atoms with Crippen molar-refractivity contribution in [1.29, 1.82) is 0 Å². The molecule has 0 unspecified atom stereocenters. The summed E-state index contributed by atoms with van der Waals surface area (Å²) in [5.41, 5.74) is 1.78. The van der Waals surface area contributed by atoms with Crippen molar-refractivity contribution < 1.29 is 4.39 Å². The lowest BCUT2D eigenvalue weighted by Crippen LogP contribution is -2.34. The molecule has 3 rings (SSSR count). The van der Waals surface area contributed by atoms with Crippen LogP contribution in [0.5, 0.6) is 0 Å². The molecule has 1 aliphatic carbocycles. The fraction of sp³-hybridized carbons (Fsp3) is 0.353. The van der Waals surface area contributed by atoms with E-state index in [4.69, 9.17) is 0 Å². The molecule has 1 heterocycles. The summed E-state index contributed by atoms with van der Waals surface area (Å²) in [6.45, 7) is 2.61. The van der Waals surface area contributed by atoms with Gasteiger partial charge >= 0.3 is 0 Å². The summed E-state index contributed by atoms with van der Waals surface area (Å²) in [6, 6.07) is 10.7. The highest BCUT2D eigenvalue weighted by atomic mass is 19.1. The average Bonchev–Trinajstić information content (AvgIpc) is 2.45. The molecule has 0 amide bonds. The van der Waals surface area contributed by atoms with Gasteiger partial charge < -0.3 is 9.88 Å². The zero-order valence-electron chi connectivity index (χ0n) is 12.1. The first-order valence-electron chi connectivity index (χ1n) is 7.39. The normalized spacial score (nSPS) is 20.9. The second-order valence-corrected chi connectivity index (χ2v) is 5.57. The van der Waals surface area contributed by atoms with Gasteiger partial charge in [0.1, 0.15) is 5.82 Å². The predicted octanol–water partition coefficient (Wildman–Crippen LogP) is 3.37. The van der Waals surface area contributed by atoms with E-state index >= 15 is 0 Å². The topological polar surface area (TPSA) is 34.0 Å². The molecular formula is C17H19FN2O. The molecule has 4 heteroatoms. The summed E-state index contributed by atoms with van der Waals surface area (Å²) >= 11 is 0. The van der Waals surface area contributed by atoms with Gasteiger partial charge in [0.05, 0.1) is 5.69 Å². The van der Waals surface area contributed by atoms with Crippen LogP contribution < -0.4 is 10.9 Å². The number of aryl methyl sites for hydroxylation is 1. The molecule has 1 aliphatic rings. The second kappa shape index (κ2) is 5.72. The maximum Gasteiger partial charge on any atom is 0.250 e. The van der Waals surface area contributed by atoms with Crippen molar-refractivity contribution in [3.63, 3.8) is 0 Å². The lowest BCUT2D eigenvalue weighted by Gasteiger charge is -2.37. The molecule has 1 saturated carbocycles. The van der Waals surface area contributed by atoms with Crippen molar-refractivity contribution in [2.75, 3.05) is 5.32 Å². The summed E-state index contributed by atoms with van der Waals surface area (Å²) in [5, 5.41) is 3.42. The number of rotatable bonds is 4. The second-order valence-electron chi connectivity index (χ2n) is 5.57. The number of hydrogen-bond acceptors (Lipinski definition) is 2. The van der Waals surface area contributed by atoms with Gasteiger partial charge in [-0.05, 0) is 43.4 Å². The Morgan fingerprint density at radius 1 is 1.24 bits per heavy atom. The van der Waals surface area contributed by atoms with Gasteiger partial charge in [-0.15, -0.1) is 0 Å². The van der Waals surface area contributed by atoms with Gasteiger partial charge in [-0.2, -0.15) is 0 Å². The van der Waals surface area contributed by atoms with Crippen LogP contribution in [0, 0.1) is 5.82 Å². The molecule has 0 radical (unpaired) electrons. The van der Waals surface area contributed by atoms with Crippen LogP contribution in [0.15, 0.2) is 47.4 Å². The number of aromatic nitrogens is 1. The van der Waals surface area contributed by atoms with Crippen LogP contribution in [0.3, 0.4) is 0 Å². The molecule has 1 N–H and O–H groups in total. The van der Waals surface area contributed by atoms with Crippen LogP contribution in [0.25, 0.3) is 0 Å². The maximum atomic E-state index is 13.7. The van der Waals surface area contributed by atoms with Crippen molar-refractivity contribution in [2.45, 2.75) is 38.3 Å². The van der Waals surface area contributed by atoms with Gasteiger partial charge in [0, 0.05) is 24.8 Å². The van der Waals surface area contributed by atoms with E-state index in [0.717, 1.165) is 24.1 Å². The van der Waals surface area contributed by atoms with E-state index in [-0.39, 0.29) is 11.4 Å². The van der Waals surface area contributed by atoms with Gasteiger partial charge in [0.25, 0.3) is 5.56 Å². The summed E-state index contributed by atoms with van der Waals surface area (Å²) in [6.07, 6.45) is 3.69. The van der Waals surface area contributed by atoms with Crippen molar-refractivity contribution in [3.05, 3.63) is 64.3 Å². The molecule has 0 aliphatic heterocycles. The first-order chi connectivity index (χ1) is 10.2. The van der Waals surface area contributed by atoms with Crippen LogP contribution in [0.4, 0.5) is 10.1 Å². The number of nitrogens with zero attached hydrogens (tertiary/aromatic N) is 1. The molecule has 3 nitrogen and oxygen atoms in total. The Balaban J connectivity index is 1.63. The van der Waals surface area contributed by atoms with Crippen LogP contribution in [0.1, 0.15) is 31.2 Å². The highest BCUT2D eigenvalue weighted by molar-refractivity contribution is 5.42. The Hall–Kier alpha value is -2.10. The van der Waals surface area contributed by atoms with E-state index in [9.17, 15) is 9.18 Å². The van der Waals surface area contributed by atoms with E-state index < -0.39 is 0 Å². The van der Waals surface area contributed by atoms with Crippen molar-refractivity contribution in [2.24, 2.45) is 0 Å². The first kappa shape index (κ1) is 13.9. The smallest absolute Gasteiger partial charge is 0.250 e. The Morgan fingerprint density at radius 3 is 2.71 bits per heavy atom. The molecule has 110 valence electrons. The molecule has 0 atom stereocenters. The lowest BCUT2D eigenvalue weighted by atomic mass is 9.75. The van der Waals surface area contributed by atoms with Gasteiger partial charge in [-0.3, -0.25) is 4.79 Å². The SMILES string of the molecule is CCn1cc(NC2CC(c3ccccc3F)C2)ccc1=O. The molecule has 1 aromatic heterocycles. The molecule has 21 heavy (non-hydrogen) atoms. The largest absolute Gasteiger partial charge is 0.381 e. The molecule has 0 bridgehead atoms. The van der Waals surface area contributed by atoms with Crippen molar-refractivity contribution in [3.8, 4) is 0 Å². The van der Waals surface area contributed by atoms with Crippen molar-refractivity contribution in [1.82, 2.24) is 4.57 Å². The molecule has 0 saturated heterocycles. The molecule has 0 spiro atoms. The third-order valence-electron chi connectivity index (χ3n) is 4.18. The number of nitrogens with one attached hydrogen (secondary N) is 1. The quantitative estimate of drug-likeness (QED) is 0.935. The molecule has 1 fully saturated rings. The maximum absolute atomic E-state index is 13.7.